The number of halogens is 1. The Morgan fingerprint density at radius 3 is 2.33 bits per heavy atom. The first-order chi connectivity index (χ1) is 15.7. The summed E-state index contributed by atoms with van der Waals surface area (Å²) in [6, 6.07) is 16.3. The number of carbonyl (C=O) groups is 1. The highest BCUT2D eigenvalue weighted by atomic mass is 32.2. The lowest BCUT2D eigenvalue weighted by atomic mass is 10.0. The van der Waals surface area contributed by atoms with E-state index in [1.807, 2.05) is 12.1 Å². The maximum atomic E-state index is 14.2. The first-order valence-electron chi connectivity index (χ1n) is 9.81. The summed E-state index contributed by atoms with van der Waals surface area (Å²) in [4.78, 5) is 16.6. The summed E-state index contributed by atoms with van der Waals surface area (Å²) < 4.78 is 42.5. The van der Waals surface area contributed by atoms with Gasteiger partial charge in [0.05, 0.1) is 28.8 Å². The first kappa shape index (κ1) is 22.2. The van der Waals surface area contributed by atoms with Crippen molar-refractivity contribution in [2.24, 2.45) is 5.73 Å². The molecular weight excluding hydrogens is 445 g/mol. The van der Waals surface area contributed by atoms with Gasteiger partial charge in [-0.3, -0.25) is 9.78 Å². The Bertz CT molecular complexity index is 1490. The Hall–Kier alpha value is -3.98. The molecule has 0 aliphatic heterocycles. The van der Waals surface area contributed by atoms with Crippen LogP contribution in [-0.2, 0) is 9.84 Å². The van der Waals surface area contributed by atoms with E-state index >= 15 is 0 Å². The average Bonchev–Trinajstić information content (AvgIpc) is 2.78. The van der Waals surface area contributed by atoms with Crippen molar-refractivity contribution in [1.29, 1.82) is 0 Å². The lowest BCUT2D eigenvalue weighted by molar-refractivity contribution is 0.100. The van der Waals surface area contributed by atoms with Gasteiger partial charge in [-0.15, -0.1) is 0 Å². The molecule has 1 amide bonds. The van der Waals surface area contributed by atoms with Crippen LogP contribution in [0.1, 0.15) is 10.4 Å². The first-order valence-corrected chi connectivity index (χ1v) is 11.7. The van der Waals surface area contributed by atoms with Crippen molar-refractivity contribution in [2.75, 3.05) is 18.7 Å². The normalized spacial score (nSPS) is 11.4. The number of nitrogens with two attached hydrogens (primary N) is 1. The summed E-state index contributed by atoms with van der Waals surface area (Å²) in [5.41, 5.74) is 8.69. The summed E-state index contributed by atoms with van der Waals surface area (Å²) in [5, 5.41) is 3.68. The van der Waals surface area contributed by atoms with Gasteiger partial charge in [0, 0.05) is 29.6 Å². The molecule has 4 aromatic rings. The number of carbonyl (C=O) groups excluding carboxylic acids is 1. The van der Waals surface area contributed by atoms with Gasteiger partial charge in [0.2, 0.25) is 0 Å². The number of hydrogen-bond acceptors (Lipinski definition) is 6. The third-order valence-corrected chi connectivity index (χ3v) is 6.30. The van der Waals surface area contributed by atoms with E-state index in [1.54, 1.807) is 36.4 Å². The predicted molar refractivity (Wildman–Crippen MR) is 125 cm³/mol. The molecule has 0 spiro atoms. The minimum absolute atomic E-state index is 0.0989. The second-order valence-electron chi connectivity index (χ2n) is 7.41. The lowest BCUT2D eigenvalue weighted by Gasteiger charge is -2.15. The van der Waals surface area contributed by atoms with Crippen molar-refractivity contribution in [3.8, 4) is 16.9 Å². The minimum Gasteiger partial charge on any atom is -0.494 e. The van der Waals surface area contributed by atoms with E-state index in [9.17, 15) is 17.6 Å². The summed E-state index contributed by atoms with van der Waals surface area (Å²) in [5.74, 6) is -1.13. The van der Waals surface area contributed by atoms with Crippen LogP contribution >= 0.6 is 0 Å². The number of hydrogen-bond donors (Lipinski definition) is 2. The quantitative estimate of drug-likeness (QED) is 0.439. The SMILES string of the molecule is COc1ccc(Nc2c(C(N)=O)cnc3cc(-c4ccc(S(C)(=O)=O)cc4)ccc23)cc1F. The number of nitrogens with one attached hydrogen (secondary N) is 1. The Morgan fingerprint density at radius 1 is 1.03 bits per heavy atom. The van der Waals surface area contributed by atoms with Crippen molar-refractivity contribution in [1.82, 2.24) is 4.98 Å². The molecule has 9 heteroatoms. The van der Waals surface area contributed by atoms with Gasteiger partial charge in [-0.1, -0.05) is 24.3 Å². The van der Waals surface area contributed by atoms with Crippen LogP contribution in [-0.4, -0.2) is 32.7 Å². The summed E-state index contributed by atoms with van der Waals surface area (Å²) in [7, 11) is -1.92. The molecule has 0 atom stereocenters. The van der Waals surface area contributed by atoms with Gasteiger partial charge in [-0.05, 0) is 41.5 Å². The number of primary amides is 1. The van der Waals surface area contributed by atoms with Gasteiger partial charge >= 0.3 is 0 Å². The Morgan fingerprint density at radius 2 is 1.73 bits per heavy atom. The standard InChI is InChI=1S/C24H20FN3O4S/c1-32-22-10-6-16(12-20(22)25)28-23-18-9-5-15(11-21(18)27-13-19(23)24(26)29)14-3-7-17(8-4-14)33(2,30)31/h3-13H,1-2H3,(H2,26,29)(H,27,28). The molecule has 0 bridgehead atoms. The van der Waals surface area contributed by atoms with Crippen molar-refractivity contribution in [2.45, 2.75) is 4.90 Å². The monoisotopic (exact) mass is 465 g/mol. The fourth-order valence-electron chi connectivity index (χ4n) is 3.48. The second kappa shape index (κ2) is 8.51. The molecule has 3 N–H and O–H groups in total. The van der Waals surface area contributed by atoms with Crippen molar-refractivity contribution >= 4 is 38.0 Å². The third kappa shape index (κ3) is 4.49. The Balaban J connectivity index is 1.78. The number of pyridine rings is 1. The van der Waals surface area contributed by atoms with Crippen molar-refractivity contribution < 1.29 is 22.3 Å². The van der Waals surface area contributed by atoms with E-state index in [2.05, 4.69) is 10.3 Å². The summed E-state index contributed by atoms with van der Waals surface area (Å²) in [6.07, 6.45) is 2.52. The molecule has 0 unspecified atom stereocenters. The highest BCUT2D eigenvalue weighted by molar-refractivity contribution is 7.90. The van der Waals surface area contributed by atoms with Crippen LogP contribution in [0, 0.1) is 5.82 Å². The van der Waals surface area contributed by atoms with Gasteiger partial charge in [-0.2, -0.15) is 0 Å². The van der Waals surface area contributed by atoms with E-state index in [-0.39, 0.29) is 16.2 Å². The number of rotatable bonds is 6. The minimum atomic E-state index is -3.29. The molecule has 0 radical (unpaired) electrons. The molecule has 0 aliphatic rings. The molecular formula is C24H20FN3O4S. The summed E-state index contributed by atoms with van der Waals surface area (Å²) >= 11 is 0. The molecule has 7 nitrogen and oxygen atoms in total. The van der Waals surface area contributed by atoms with Crippen LogP contribution in [0.2, 0.25) is 0 Å². The van der Waals surface area contributed by atoms with E-state index in [0.29, 0.717) is 22.3 Å². The number of ether oxygens (including phenoxy) is 1. The highest BCUT2D eigenvalue weighted by Gasteiger charge is 2.15. The topological polar surface area (TPSA) is 111 Å². The van der Waals surface area contributed by atoms with Crippen LogP contribution in [0.5, 0.6) is 5.75 Å². The fourth-order valence-corrected chi connectivity index (χ4v) is 4.11. The number of amides is 1. The zero-order chi connectivity index (χ0) is 23.8. The number of benzene rings is 3. The predicted octanol–water partition coefficient (Wildman–Crippen LogP) is 4.30. The number of methoxy groups -OCH3 is 1. The van der Waals surface area contributed by atoms with Crippen LogP contribution in [0.15, 0.2) is 71.8 Å². The zero-order valence-corrected chi connectivity index (χ0v) is 18.6. The number of anilines is 2. The van der Waals surface area contributed by atoms with Crippen LogP contribution < -0.4 is 15.8 Å². The molecule has 0 fully saturated rings. The average molecular weight is 466 g/mol. The maximum absolute atomic E-state index is 14.2. The van der Waals surface area contributed by atoms with Crippen LogP contribution in [0.25, 0.3) is 22.0 Å². The van der Waals surface area contributed by atoms with Gasteiger partial charge in [0.1, 0.15) is 0 Å². The molecule has 0 saturated heterocycles. The Labute approximate surface area is 189 Å². The molecule has 168 valence electrons. The van der Waals surface area contributed by atoms with Crippen LogP contribution in [0.3, 0.4) is 0 Å². The molecule has 3 aromatic carbocycles. The van der Waals surface area contributed by atoms with Gasteiger partial charge in [0.15, 0.2) is 21.4 Å². The van der Waals surface area contributed by atoms with Crippen molar-refractivity contribution in [3.63, 3.8) is 0 Å². The maximum Gasteiger partial charge on any atom is 0.252 e. The van der Waals surface area contributed by atoms with E-state index < -0.39 is 21.6 Å². The molecule has 33 heavy (non-hydrogen) atoms. The number of fused-ring (bicyclic) bond motifs is 1. The lowest BCUT2D eigenvalue weighted by Crippen LogP contribution is -2.14. The summed E-state index contributed by atoms with van der Waals surface area (Å²) in [6.45, 7) is 0. The number of sulfone groups is 1. The van der Waals surface area contributed by atoms with Gasteiger partial charge in [-0.25, -0.2) is 12.8 Å². The molecule has 0 saturated carbocycles. The second-order valence-corrected chi connectivity index (χ2v) is 9.43. The van der Waals surface area contributed by atoms with E-state index in [1.165, 1.54) is 25.4 Å². The van der Waals surface area contributed by atoms with Crippen molar-refractivity contribution in [3.05, 3.63) is 78.2 Å². The molecule has 0 aliphatic carbocycles. The third-order valence-electron chi connectivity index (χ3n) is 5.17. The van der Waals surface area contributed by atoms with Gasteiger partial charge < -0.3 is 15.8 Å². The molecule has 4 rings (SSSR count). The zero-order valence-electron chi connectivity index (χ0n) is 17.8. The Kier molecular flexibility index (Phi) is 5.73. The van der Waals surface area contributed by atoms with E-state index in [4.69, 9.17) is 10.5 Å². The van der Waals surface area contributed by atoms with Crippen LogP contribution in [0.4, 0.5) is 15.8 Å². The largest absolute Gasteiger partial charge is 0.494 e. The van der Waals surface area contributed by atoms with E-state index in [0.717, 1.165) is 17.4 Å². The molecule has 1 heterocycles. The fraction of sp³-hybridized carbons (Fsp3) is 0.0833. The molecule has 1 aromatic heterocycles. The number of aromatic nitrogens is 1. The van der Waals surface area contributed by atoms with Gasteiger partial charge in [0.25, 0.3) is 5.91 Å². The smallest absolute Gasteiger partial charge is 0.252 e. The highest BCUT2D eigenvalue weighted by Crippen LogP contribution is 2.33. The number of nitrogens with zero attached hydrogens (tertiary/aromatic N) is 1.